The normalized spacial score (nSPS) is 11.0. The van der Waals surface area contributed by atoms with Crippen molar-refractivity contribution in [1.82, 2.24) is 0 Å². The lowest BCUT2D eigenvalue weighted by atomic mass is 9.87. The van der Waals surface area contributed by atoms with Crippen molar-refractivity contribution >= 4 is 29.2 Å². The molecule has 0 fully saturated rings. The molecule has 27 heavy (non-hydrogen) atoms. The Bertz CT molecular complexity index is 782. The van der Waals surface area contributed by atoms with Crippen LogP contribution in [0.2, 0.25) is 5.02 Å². The zero-order valence-corrected chi connectivity index (χ0v) is 16.5. The first-order valence-electron chi connectivity index (χ1n) is 8.69. The maximum absolute atomic E-state index is 11.8. The maximum Gasteiger partial charge on any atom is 0.309 e. The van der Waals surface area contributed by atoms with E-state index in [4.69, 9.17) is 21.1 Å². The van der Waals surface area contributed by atoms with E-state index in [2.05, 4.69) is 26.1 Å². The molecule has 0 spiro atoms. The highest BCUT2D eigenvalue weighted by Crippen LogP contribution is 2.24. The summed E-state index contributed by atoms with van der Waals surface area (Å²) in [6.45, 7) is 6.23. The standard InChI is InChI=1S/C21H24ClNO4/c1-21(2,3)15-8-10-16(11-9-15)26-13-12-20(25)27-14-19(24)23-18-7-5-4-6-17(18)22/h4-11H,12-14H2,1-3H3,(H,23,24). The molecule has 0 aromatic heterocycles. The lowest BCUT2D eigenvalue weighted by molar-refractivity contribution is -0.147. The van der Waals surface area contributed by atoms with Crippen LogP contribution >= 0.6 is 11.6 Å². The van der Waals surface area contributed by atoms with E-state index in [9.17, 15) is 9.59 Å². The van der Waals surface area contributed by atoms with Gasteiger partial charge < -0.3 is 14.8 Å². The Kier molecular flexibility index (Phi) is 7.25. The Hall–Kier alpha value is -2.53. The number of halogens is 1. The monoisotopic (exact) mass is 389 g/mol. The number of amides is 1. The van der Waals surface area contributed by atoms with Gasteiger partial charge in [0.2, 0.25) is 0 Å². The topological polar surface area (TPSA) is 64.6 Å². The zero-order valence-electron chi connectivity index (χ0n) is 15.8. The van der Waals surface area contributed by atoms with Crippen molar-refractivity contribution < 1.29 is 19.1 Å². The number of para-hydroxylation sites is 1. The largest absolute Gasteiger partial charge is 0.493 e. The number of nitrogens with one attached hydrogen (secondary N) is 1. The molecule has 2 aromatic rings. The Morgan fingerprint density at radius 3 is 2.33 bits per heavy atom. The van der Waals surface area contributed by atoms with E-state index in [0.717, 1.165) is 0 Å². The third-order valence-electron chi connectivity index (χ3n) is 3.81. The molecule has 0 heterocycles. The number of carbonyl (C=O) groups is 2. The predicted octanol–water partition coefficient (Wildman–Crippen LogP) is 4.59. The van der Waals surface area contributed by atoms with Crippen molar-refractivity contribution in [2.75, 3.05) is 18.5 Å². The van der Waals surface area contributed by atoms with E-state index in [0.29, 0.717) is 16.5 Å². The van der Waals surface area contributed by atoms with Crippen molar-refractivity contribution in [3.8, 4) is 5.75 Å². The Labute approximate surface area is 164 Å². The van der Waals surface area contributed by atoms with E-state index in [1.165, 1.54) is 5.56 Å². The van der Waals surface area contributed by atoms with Crippen molar-refractivity contribution in [2.45, 2.75) is 32.6 Å². The minimum atomic E-state index is -0.504. The van der Waals surface area contributed by atoms with Gasteiger partial charge in [-0.3, -0.25) is 9.59 Å². The van der Waals surface area contributed by atoms with Crippen LogP contribution in [0.15, 0.2) is 48.5 Å². The van der Waals surface area contributed by atoms with E-state index in [-0.39, 0.29) is 25.0 Å². The van der Waals surface area contributed by atoms with Gasteiger partial charge in [0.1, 0.15) is 5.75 Å². The lowest BCUT2D eigenvalue weighted by Gasteiger charge is -2.19. The van der Waals surface area contributed by atoms with Gasteiger partial charge in [-0.05, 0) is 35.2 Å². The van der Waals surface area contributed by atoms with Gasteiger partial charge in [0, 0.05) is 0 Å². The summed E-state index contributed by atoms with van der Waals surface area (Å²) in [5, 5.41) is 3.01. The molecule has 1 amide bonds. The van der Waals surface area contributed by atoms with Crippen LogP contribution < -0.4 is 10.1 Å². The number of benzene rings is 2. The van der Waals surface area contributed by atoms with Crippen LogP contribution in [0.1, 0.15) is 32.8 Å². The minimum Gasteiger partial charge on any atom is -0.493 e. The summed E-state index contributed by atoms with van der Waals surface area (Å²) >= 11 is 5.95. The average Bonchev–Trinajstić information content (AvgIpc) is 2.62. The van der Waals surface area contributed by atoms with Crippen LogP contribution in [0.25, 0.3) is 0 Å². The molecule has 0 aliphatic carbocycles. The summed E-state index contributed by atoms with van der Waals surface area (Å²) in [5.74, 6) is -0.266. The minimum absolute atomic E-state index is 0.0559. The van der Waals surface area contributed by atoms with Crippen LogP contribution in [0.5, 0.6) is 5.75 Å². The second-order valence-corrected chi connectivity index (χ2v) is 7.47. The molecule has 0 saturated heterocycles. The maximum atomic E-state index is 11.8. The fraction of sp³-hybridized carbons (Fsp3) is 0.333. The molecule has 1 N–H and O–H groups in total. The van der Waals surface area contributed by atoms with Crippen molar-refractivity contribution in [3.63, 3.8) is 0 Å². The SMILES string of the molecule is CC(C)(C)c1ccc(OCCC(=O)OCC(=O)Nc2ccccc2Cl)cc1. The quantitative estimate of drug-likeness (QED) is 0.703. The second-order valence-electron chi connectivity index (χ2n) is 7.06. The van der Waals surface area contributed by atoms with Gasteiger partial charge in [-0.2, -0.15) is 0 Å². The van der Waals surface area contributed by atoms with Gasteiger partial charge >= 0.3 is 5.97 Å². The number of anilines is 1. The van der Waals surface area contributed by atoms with Crippen LogP contribution in [0.3, 0.4) is 0 Å². The fourth-order valence-electron chi connectivity index (χ4n) is 2.27. The first kappa shape index (κ1) is 20.8. The molecule has 0 bridgehead atoms. The molecule has 2 rings (SSSR count). The predicted molar refractivity (Wildman–Crippen MR) is 106 cm³/mol. The summed E-state index contributed by atoms with van der Waals surface area (Å²) in [5.41, 5.74) is 1.76. The lowest BCUT2D eigenvalue weighted by Crippen LogP contribution is -2.21. The van der Waals surface area contributed by atoms with Crippen molar-refractivity contribution in [2.24, 2.45) is 0 Å². The highest BCUT2D eigenvalue weighted by molar-refractivity contribution is 6.33. The van der Waals surface area contributed by atoms with E-state index >= 15 is 0 Å². The molecule has 2 aromatic carbocycles. The van der Waals surface area contributed by atoms with E-state index < -0.39 is 11.9 Å². The molecule has 144 valence electrons. The van der Waals surface area contributed by atoms with Crippen LogP contribution in [0, 0.1) is 0 Å². The zero-order chi connectivity index (χ0) is 19.9. The molecule has 0 radical (unpaired) electrons. The second kappa shape index (κ2) is 9.42. The highest BCUT2D eigenvalue weighted by Gasteiger charge is 2.13. The summed E-state index contributed by atoms with van der Waals surface area (Å²) in [4.78, 5) is 23.5. The Morgan fingerprint density at radius 2 is 1.70 bits per heavy atom. The molecular formula is C21H24ClNO4. The number of esters is 1. The third kappa shape index (κ3) is 6.94. The molecule has 5 nitrogen and oxygen atoms in total. The number of hydrogen-bond acceptors (Lipinski definition) is 4. The molecule has 6 heteroatoms. The molecular weight excluding hydrogens is 366 g/mol. The summed E-state index contributed by atoms with van der Waals surface area (Å²) in [6, 6.07) is 14.6. The first-order valence-corrected chi connectivity index (χ1v) is 9.07. The number of ether oxygens (including phenoxy) is 2. The number of hydrogen-bond donors (Lipinski definition) is 1. The third-order valence-corrected chi connectivity index (χ3v) is 4.14. The van der Waals surface area contributed by atoms with Crippen molar-refractivity contribution in [1.29, 1.82) is 0 Å². The Morgan fingerprint density at radius 1 is 1.04 bits per heavy atom. The van der Waals surface area contributed by atoms with Gasteiger partial charge in [0.05, 0.1) is 23.7 Å². The summed E-state index contributed by atoms with van der Waals surface area (Å²) in [7, 11) is 0. The van der Waals surface area contributed by atoms with Crippen LogP contribution in [0.4, 0.5) is 5.69 Å². The number of carbonyl (C=O) groups excluding carboxylic acids is 2. The van der Waals surface area contributed by atoms with Gasteiger partial charge in [-0.15, -0.1) is 0 Å². The molecule has 0 aliphatic rings. The van der Waals surface area contributed by atoms with Gasteiger partial charge in [0.25, 0.3) is 5.91 Å². The molecule has 0 unspecified atom stereocenters. The average molecular weight is 390 g/mol. The van der Waals surface area contributed by atoms with E-state index in [1.54, 1.807) is 24.3 Å². The van der Waals surface area contributed by atoms with Crippen LogP contribution in [-0.4, -0.2) is 25.1 Å². The van der Waals surface area contributed by atoms with Gasteiger partial charge in [-0.25, -0.2) is 0 Å². The van der Waals surface area contributed by atoms with Crippen molar-refractivity contribution in [3.05, 3.63) is 59.1 Å². The van der Waals surface area contributed by atoms with Gasteiger partial charge in [-0.1, -0.05) is 56.6 Å². The molecule has 0 aliphatic heterocycles. The van der Waals surface area contributed by atoms with E-state index in [1.807, 2.05) is 24.3 Å². The summed E-state index contributed by atoms with van der Waals surface area (Å²) < 4.78 is 10.5. The van der Waals surface area contributed by atoms with Crippen LogP contribution in [-0.2, 0) is 19.7 Å². The molecule has 0 saturated carbocycles. The van der Waals surface area contributed by atoms with Gasteiger partial charge in [0.15, 0.2) is 6.61 Å². The highest BCUT2D eigenvalue weighted by atomic mass is 35.5. The number of rotatable bonds is 7. The smallest absolute Gasteiger partial charge is 0.309 e. The fourth-order valence-corrected chi connectivity index (χ4v) is 2.45. The molecule has 0 atom stereocenters. The first-order chi connectivity index (χ1) is 12.8. The summed E-state index contributed by atoms with van der Waals surface area (Å²) in [6.07, 6.45) is 0.0559. The Balaban J connectivity index is 1.69.